The molecule has 0 aliphatic carbocycles. The molecule has 0 radical (unpaired) electrons. The van der Waals surface area contributed by atoms with Crippen molar-refractivity contribution in [2.45, 2.75) is 72.0 Å². The van der Waals surface area contributed by atoms with Gasteiger partial charge in [-0.1, -0.05) is 55.3 Å². The summed E-state index contributed by atoms with van der Waals surface area (Å²) in [5.74, 6) is 0.0398. The molecule has 0 spiro atoms. The average Bonchev–Trinajstić information content (AvgIpc) is 2.86. The van der Waals surface area contributed by atoms with Crippen LogP contribution in [0.1, 0.15) is 57.6 Å². The maximum absolute atomic E-state index is 13.5. The monoisotopic (exact) mass is 565 g/mol. The van der Waals surface area contributed by atoms with Crippen LogP contribution in [0.25, 0.3) is 0 Å². The number of sulfonamides is 1. The van der Waals surface area contributed by atoms with Crippen molar-refractivity contribution in [2.24, 2.45) is 0 Å². The van der Waals surface area contributed by atoms with Gasteiger partial charge in [0.2, 0.25) is 21.8 Å². The lowest BCUT2D eigenvalue weighted by molar-refractivity contribution is -0.141. The lowest BCUT2D eigenvalue weighted by Gasteiger charge is -2.32. The van der Waals surface area contributed by atoms with Gasteiger partial charge in [-0.05, 0) is 56.9 Å². The van der Waals surface area contributed by atoms with Gasteiger partial charge in [-0.2, -0.15) is 0 Å². The normalized spacial score (nSPS) is 12.9. The van der Waals surface area contributed by atoms with Gasteiger partial charge >= 0.3 is 0 Å². The molecule has 1 N–H and O–H groups in total. The molecule has 2 aromatic rings. The third-order valence-corrected chi connectivity index (χ3v) is 7.93. The zero-order valence-electron chi connectivity index (χ0n) is 23.2. The van der Waals surface area contributed by atoms with E-state index in [-0.39, 0.29) is 48.8 Å². The highest BCUT2D eigenvalue weighted by molar-refractivity contribution is 7.92. The van der Waals surface area contributed by atoms with E-state index in [1.807, 2.05) is 52.0 Å². The predicted octanol–water partition coefficient (Wildman–Crippen LogP) is 4.93. The third-order valence-electron chi connectivity index (χ3n) is 6.44. The minimum absolute atomic E-state index is 0.00693. The Morgan fingerprint density at radius 1 is 1.08 bits per heavy atom. The second kappa shape index (κ2) is 14.4. The van der Waals surface area contributed by atoms with E-state index < -0.39 is 16.1 Å². The summed E-state index contributed by atoms with van der Waals surface area (Å²) in [6.07, 6.45) is 2.70. The first-order valence-corrected chi connectivity index (χ1v) is 15.1. The Morgan fingerprint density at radius 2 is 1.74 bits per heavy atom. The van der Waals surface area contributed by atoms with Crippen molar-refractivity contribution in [3.8, 4) is 5.75 Å². The van der Waals surface area contributed by atoms with E-state index in [2.05, 4.69) is 5.32 Å². The summed E-state index contributed by atoms with van der Waals surface area (Å²) in [6, 6.07) is 12.0. The fourth-order valence-corrected chi connectivity index (χ4v) is 5.27. The number of amides is 2. The molecule has 0 fully saturated rings. The van der Waals surface area contributed by atoms with E-state index in [1.165, 1.54) is 17.5 Å². The summed E-state index contributed by atoms with van der Waals surface area (Å²) >= 11 is 6.22. The van der Waals surface area contributed by atoms with Crippen LogP contribution in [-0.4, -0.2) is 57.1 Å². The molecule has 2 aromatic carbocycles. The number of hydrogen-bond acceptors (Lipinski definition) is 5. The van der Waals surface area contributed by atoms with Gasteiger partial charge in [0.15, 0.2) is 0 Å². The first kappa shape index (κ1) is 31.4. The number of aryl methyl sites for hydroxylation is 1. The number of benzene rings is 2. The van der Waals surface area contributed by atoms with Gasteiger partial charge in [-0.3, -0.25) is 13.9 Å². The molecule has 2 atom stereocenters. The van der Waals surface area contributed by atoms with Crippen LogP contribution in [0, 0.1) is 6.92 Å². The summed E-state index contributed by atoms with van der Waals surface area (Å²) in [6.45, 7) is 8.17. The minimum atomic E-state index is -3.63. The summed E-state index contributed by atoms with van der Waals surface area (Å²) < 4.78 is 31.5. The van der Waals surface area contributed by atoms with Crippen molar-refractivity contribution in [2.75, 3.05) is 24.2 Å². The molecule has 10 heteroatoms. The van der Waals surface area contributed by atoms with E-state index in [4.69, 9.17) is 16.3 Å². The number of carbonyl (C=O) groups is 2. The van der Waals surface area contributed by atoms with E-state index in [9.17, 15) is 18.0 Å². The van der Waals surface area contributed by atoms with Gasteiger partial charge in [0.1, 0.15) is 11.8 Å². The molecule has 38 heavy (non-hydrogen) atoms. The van der Waals surface area contributed by atoms with E-state index in [1.54, 1.807) is 17.0 Å². The van der Waals surface area contributed by atoms with Crippen LogP contribution in [0.5, 0.6) is 5.75 Å². The zero-order valence-corrected chi connectivity index (χ0v) is 24.7. The van der Waals surface area contributed by atoms with E-state index in [0.717, 1.165) is 23.8 Å². The van der Waals surface area contributed by atoms with Crippen molar-refractivity contribution in [1.82, 2.24) is 10.2 Å². The Bertz CT molecular complexity index is 1190. The minimum Gasteiger partial charge on any atom is -0.495 e. The maximum atomic E-state index is 13.5. The first-order chi connectivity index (χ1) is 17.9. The molecule has 8 nitrogen and oxygen atoms in total. The molecule has 0 aliphatic rings. The molecule has 0 heterocycles. The van der Waals surface area contributed by atoms with Crippen molar-refractivity contribution in [1.29, 1.82) is 0 Å². The van der Waals surface area contributed by atoms with Gasteiger partial charge in [-0.15, -0.1) is 0 Å². The van der Waals surface area contributed by atoms with Crippen LogP contribution in [0.15, 0.2) is 42.5 Å². The number of methoxy groups -OCH3 is 1. The standard InChI is InChI=1S/C28H40ClN3O5S/c1-7-21(4)30-28(34)25(8-2)31(19-22-13-11-20(3)12-14-22)27(33)10-9-17-32(38(6,35)36)23-15-16-26(37-5)24(29)18-23/h11-16,18,21,25H,7-10,17,19H2,1-6H3,(H,30,34)/t21-,25+/m1/s1. The van der Waals surface area contributed by atoms with Crippen molar-refractivity contribution in [3.05, 3.63) is 58.6 Å². The average molecular weight is 566 g/mol. The first-order valence-electron chi connectivity index (χ1n) is 12.9. The highest BCUT2D eigenvalue weighted by Gasteiger charge is 2.29. The molecule has 210 valence electrons. The number of carbonyl (C=O) groups excluding carboxylic acids is 2. The number of hydrogen-bond donors (Lipinski definition) is 1. The SMILES string of the molecule is CC[C@@H](C)NC(=O)[C@H](CC)N(Cc1ccc(C)cc1)C(=O)CCCN(c1ccc(OC)c(Cl)c1)S(C)(=O)=O. The second-order valence-electron chi connectivity index (χ2n) is 9.51. The van der Waals surface area contributed by atoms with E-state index in [0.29, 0.717) is 17.9 Å². The molecule has 0 bridgehead atoms. The van der Waals surface area contributed by atoms with Crippen molar-refractivity contribution < 1.29 is 22.7 Å². The number of nitrogens with one attached hydrogen (secondary N) is 1. The van der Waals surface area contributed by atoms with Crippen LogP contribution in [0.4, 0.5) is 5.69 Å². The Balaban J connectivity index is 2.24. The fourth-order valence-electron chi connectivity index (χ4n) is 4.07. The highest BCUT2D eigenvalue weighted by atomic mass is 35.5. The Labute approximate surface area is 232 Å². The van der Waals surface area contributed by atoms with Gasteiger partial charge < -0.3 is 15.0 Å². The van der Waals surface area contributed by atoms with Gasteiger partial charge in [-0.25, -0.2) is 8.42 Å². The highest BCUT2D eigenvalue weighted by Crippen LogP contribution is 2.30. The summed E-state index contributed by atoms with van der Waals surface area (Å²) in [5, 5.41) is 3.29. The van der Waals surface area contributed by atoms with Crippen LogP contribution < -0.4 is 14.4 Å². The lowest BCUT2D eigenvalue weighted by Crippen LogP contribution is -2.50. The van der Waals surface area contributed by atoms with Crippen LogP contribution in [-0.2, 0) is 26.2 Å². The van der Waals surface area contributed by atoms with Crippen LogP contribution >= 0.6 is 11.6 Å². The molecule has 0 saturated heterocycles. The lowest BCUT2D eigenvalue weighted by atomic mass is 10.1. The third kappa shape index (κ3) is 8.91. The summed E-state index contributed by atoms with van der Waals surface area (Å²) in [5.41, 5.74) is 2.42. The van der Waals surface area contributed by atoms with Crippen LogP contribution in [0.3, 0.4) is 0 Å². The Morgan fingerprint density at radius 3 is 2.26 bits per heavy atom. The predicted molar refractivity (Wildman–Crippen MR) is 153 cm³/mol. The second-order valence-corrected chi connectivity index (χ2v) is 11.8. The quantitative estimate of drug-likeness (QED) is 0.350. The number of anilines is 1. The number of nitrogens with zero attached hydrogens (tertiary/aromatic N) is 2. The van der Waals surface area contributed by atoms with Crippen LogP contribution in [0.2, 0.25) is 5.02 Å². The maximum Gasteiger partial charge on any atom is 0.243 e. The fraction of sp³-hybridized carbons (Fsp3) is 0.500. The smallest absolute Gasteiger partial charge is 0.243 e. The zero-order chi connectivity index (χ0) is 28.5. The molecule has 0 unspecified atom stereocenters. The molecule has 0 aliphatic heterocycles. The van der Waals surface area contributed by atoms with Gasteiger partial charge in [0.05, 0.1) is 24.1 Å². The Hall–Kier alpha value is -2.78. The van der Waals surface area contributed by atoms with Crippen molar-refractivity contribution >= 4 is 39.1 Å². The topological polar surface area (TPSA) is 96.0 Å². The van der Waals surface area contributed by atoms with E-state index >= 15 is 0 Å². The molecule has 2 amide bonds. The van der Waals surface area contributed by atoms with Gasteiger partial charge in [0, 0.05) is 25.6 Å². The summed E-state index contributed by atoms with van der Waals surface area (Å²) in [7, 11) is -2.15. The molecular formula is C28H40ClN3O5S. The Kier molecular flexibility index (Phi) is 11.9. The largest absolute Gasteiger partial charge is 0.495 e. The number of rotatable bonds is 14. The summed E-state index contributed by atoms with van der Waals surface area (Å²) in [4.78, 5) is 28.2. The van der Waals surface area contributed by atoms with Gasteiger partial charge in [0.25, 0.3) is 0 Å². The number of halogens is 1. The number of ether oxygens (including phenoxy) is 1. The van der Waals surface area contributed by atoms with Crippen molar-refractivity contribution in [3.63, 3.8) is 0 Å². The molecule has 0 aromatic heterocycles. The molecular weight excluding hydrogens is 526 g/mol. The molecule has 0 saturated carbocycles. The molecule has 2 rings (SSSR count).